The van der Waals surface area contributed by atoms with Crippen molar-refractivity contribution in [1.29, 1.82) is 0 Å². The molecule has 0 aliphatic heterocycles. The van der Waals surface area contributed by atoms with Crippen LogP contribution >= 0.6 is 0 Å². The van der Waals surface area contributed by atoms with Crippen LogP contribution in [0.2, 0.25) is 0 Å². The van der Waals surface area contributed by atoms with Crippen LogP contribution in [0.25, 0.3) is 0 Å². The Morgan fingerprint density at radius 2 is 1.64 bits per heavy atom. The number of carbonyl (C=O) groups is 1. The number of carbonyl (C=O) groups excluding carboxylic acids is 1. The zero-order chi connectivity index (χ0) is 10.8. The Hall–Kier alpha value is -1.31. The fraction of sp³-hybridized carbons (Fsp3) is 0.417. The molecule has 0 heterocycles. The zero-order valence-corrected chi connectivity index (χ0v) is 9.13. The number of Topliss-reactive ketones (excluding diaryl/α,β-unsaturated/α-hetero) is 1. The number of ether oxygens (including phenoxy) is 1. The number of benzene rings is 1. The maximum Gasteiger partial charge on any atom is 0.168 e. The van der Waals surface area contributed by atoms with E-state index in [2.05, 4.69) is 0 Å². The van der Waals surface area contributed by atoms with Crippen LogP contribution < -0.4 is 4.74 Å². The van der Waals surface area contributed by atoms with Gasteiger partial charge in [-0.2, -0.15) is 0 Å². The molecule has 1 rings (SSSR count). The molecule has 1 aromatic rings. The van der Waals surface area contributed by atoms with E-state index in [1.165, 1.54) is 0 Å². The van der Waals surface area contributed by atoms with E-state index in [0.717, 1.165) is 11.3 Å². The van der Waals surface area contributed by atoms with Gasteiger partial charge in [-0.25, -0.2) is 0 Å². The third-order valence-electron chi connectivity index (χ3n) is 2.03. The summed E-state index contributed by atoms with van der Waals surface area (Å²) >= 11 is 0. The Morgan fingerprint density at radius 1 is 1.14 bits per heavy atom. The Kier molecular flexibility index (Phi) is 2.94. The Labute approximate surface area is 84.9 Å². The highest BCUT2D eigenvalue weighted by atomic mass is 16.5. The second kappa shape index (κ2) is 3.82. The van der Waals surface area contributed by atoms with Gasteiger partial charge in [0.25, 0.3) is 0 Å². The molecule has 0 radical (unpaired) electrons. The summed E-state index contributed by atoms with van der Waals surface area (Å²) in [7, 11) is 1.61. The van der Waals surface area contributed by atoms with E-state index in [9.17, 15) is 4.79 Å². The van der Waals surface area contributed by atoms with Crippen molar-refractivity contribution >= 4 is 5.78 Å². The van der Waals surface area contributed by atoms with Crippen LogP contribution in [0, 0.1) is 5.41 Å². The van der Waals surface area contributed by atoms with Gasteiger partial charge < -0.3 is 4.74 Å². The highest BCUT2D eigenvalue weighted by Crippen LogP contribution is 2.22. The van der Waals surface area contributed by atoms with Gasteiger partial charge in [0.2, 0.25) is 0 Å². The van der Waals surface area contributed by atoms with E-state index < -0.39 is 0 Å². The van der Waals surface area contributed by atoms with Crippen LogP contribution in [0.1, 0.15) is 31.1 Å². The van der Waals surface area contributed by atoms with Crippen molar-refractivity contribution in [2.75, 3.05) is 7.11 Å². The van der Waals surface area contributed by atoms with Crippen molar-refractivity contribution in [3.05, 3.63) is 29.8 Å². The standard InChI is InChI=1S/C12H16O2/c1-12(2,3)11(13)9-5-7-10(14-4)8-6-9/h5-8H,1-4H3. The molecule has 0 amide bonds. The van der Waals surface area contributed by atoms with Crippen molar-refractivity contribution in [3.63, 3.8) is 0 Å². The molecule has 1 aromatic carbocycles. The predicted octanol–water partition coefficient (Wildman–Crippen LogP) is 2.92. The molecular weight excluding hydrogens is 176 g/mol. The summed E-state index contributed by atoms with van der Waals surface area (Å²) < 4.78 is 5.02. The Balaban J connectivity index is 2.93. The molecule has 0 aromatic heterocycles. The van der Waals surface area contributed by atoms with E-state index >= 15 is 0 Å². The number of hydrogen-bond donors (Lipinski definition) is 0. The molecule has 2 heteroatoms. The normalized spacial score (nSPS) is 11.1. The van der Waals surface area contributed by atoms with Crippen molar-refractivity contribution in [2.45, 2.75) is 20.8 Å². The second-order valence-electron chi connectivity index (χ2n) is 4.31. The van der Waals surface area contributed by atoms with E-state index in [1.54, 1.807) is 31.4 Å². The summed E-state index contributed by atoms with van der Waals surface area (Å²) in [5.41, 5.74) is 0.410. The molecule has 14 heavy (non-hydrogen) atoms. The van der Waals surface area contributed by atoms with Crippen LogP contribution in [0.4, 0.5) is 0 Å². The first-order chi connectivity index (χ1) is 6.45. The number of rotatable bonds is 2. The SMILES string of the molecule is COc1ccc(C(=O)C(C)(C)C)cc1. The first kappa shape index (κ1) is 10.8. The number of ketones is 1. The van der Waals surface area contributed by atoms with Gasteiger partial charge in [-0.1, -0.05) is 20.8 Å². The summed E-state index contributed by atoms with van der Waals surface area (Å²) in [6.45, 7) is 5.75. The van der Waals surface area contributed by atoms with Crippen LogP contribution in [0.3, 0.4) is 0 Å². The molecular formula is C12H16O2. The molecule has 0 saturated heterocycles. The van der Waals surface area contributed by atoms with E-state index in [0.29, 0.717) is 0 Å². The predicted molar refractivity (Wildman–Crippen MR) is 56.8 cm³/mol. The van der Waals surface area contributed by atoms with Crippen molar-refractivity contribution in [3.8, 4) is 5.75 Å². The van der Waals surface area contributed by atoms with Gasteiger partial charge >= 0.3 is 0 Å². The van der Waals surface area contributed by atoms with Crippen LogP contribution in [0.5, 0.6) is 5.75 Å². The van der Waals surface area contributed by atoms with Gasteiger partial charge in [-0.15, -0.1) is 0 Å². The molecule has 0 saturated carbocycles. The van der Waals surface area contributed by atoms with Gasteiger partial charge in [0.15, 0.2) is 5.78 Å². The minimum atomic E-state index is -0.325. The van der Waals surface area contributed by atoms with E-state index in [1.807, 2.05) is 20.8 Å². The highest BCUT2D eigenvalue weighted by Gasteiger charge is 2.22. The molecule has 0 atom stereocenters. The van der Waals surface area contributed by atoms with Crippen molar-refractivity contribution in [2.24, 2.45) is 5.41 Å². The fourth-order valence-corrected chi connectivity index (χ4v) is 1.18. The quantitative estimate of drug-likeness (QED) is 0.673. The molecule has 0 unspecified atom stereocenters. The summed E-state index contributed by atoms with van der Waals surface area (Å²) in [6.07, 6.45) is 0. The highest BCUT2D eigenvalue weighted by molar-refractivity contribution is 5.99. The van der Waals surface area contributed by atoms with Gasteiger partial charge in [0.05, 0.1) is 7.11 Å². The minimum Gasteiger partial charge on any atom is -0.497 e. The molecule has 0 N–H and O–H groups in total. The first-order valence-corrected chi connectivity index (χ1v) is 4.64. The maximum atomic E-state index is 11.8. The average Bonchev–Trinajstić information content (AvgIpc) is 2.15. The molecule has 2 nitrogen and oxygen atoms in total. The smallest absolute Gasteiger partial charge is 0.168 e. The third kappa shape index (κ3) is 2.34. The van der Waals surface area contributed by atoms with Crippen LogP contribution in [-0.2, 0) is 0 Å². The first-order valence-electron chi connectivity index (χ1n) is 4.64. The molecule has 0 aliphatic rings. The van der Waals surface area contributed by atoms with Crippen LogP contribution in [0.15, 0.2) is 24.3 Å². The number of hydrogen-bond acceptors (Lipinski definition) is 2. The lowest BCUT2D eigenvalue weighted by atomic mass is 9.86. The fourth-order valence-electron chi connectivity index (χ4n) is 1.18. The van der Waals surface area contributed by atoms with Crippen molar-refractivity contribution in [1.82, 2.24) is 0 Å². The Morgan fingerprint density at radius 3 is 2.00 bits per heavy atom. The lowest BCUT2D eigenvalue weighted by Gasteiger charge is -2.16. The minimum absolute atomic E-state index is 0.153. The topological polar surface area (TPSA) is 26.3 Å². The van der Waals surface area contributed by atoms with Crippen LogP contribution in [-0.4, -0.2) is 12.9 Å². The number of methoxy groups -OCH3 is 1. The zero-order valence-electron chi connectivity index (χ0n) is 9.13. The summed E-state index contributed by atoms with van der Waals surface area (Å²) in [5, 5.41) is 0. The Bertz CT molecular complexity index is 317. The monoisotopic (exact) mass is 192 g/mol. The van der Waals surface area contributed by atoms with E-state index in [4.69, 9.17) is 4.74 Å². The van der Waals surface area contributed by atoms with Gasteiger partial charge in [-0.3, -0.25) is 4.79 Å². The molecule has 76 valence electrons. The summed E-state index contributed by atoms with van der Waals surface area (Å²) in [5.74, 6) is 0.926. The summed E-state index contributed by atoms with van der Waals surface area (Å²) in [6, 6.07) is 7.21. The lowest BCUT2D eigenvalue weighted by Crippen LogP contribution is -2.19. The van der Waals surface area contributed by atoms with E-state index in [-0.39, 0.29) is 11.2 Å². The van der Waals surface area contributed by atoms with Gasteiger partial charge in [0, 0.05) is 11.0 Å². The molecule has 0 fully saturated rings. The third-order valence-corrected chi connectivity index (χ3v) is 2.03. The second-order valence-corrected chi connectivity index (χ2v) is 4.31. The molecule has 0 aliphatic carbocycles. The molecule has 0 spiro atoms. The maximum absolute atomic E-state index is 11.8. The average molecular weight is 192 g/mol. The summed E-state index contributed by atoms with van der Waals surface area (Å²) in [4.78, 5) is 11.8. The lowest BCUT2D eigenvalue weighted by molar-refractivity contribution is 0.0858. The van der Waals surface area contributed by atoms with Gasteiger partial charge in [-0.05, 0) is 24.3 Å². The van der Waals surface area contributed by atoms with Crippen molar-refractivity contribution < 1.29 is 9.53 Å². The molecule has 0 bridgehead atoms. The van der Waals surface area contributed by atoms with Gasteiger partial charge in [0.1, 0.15) is 5.75 Å². The largest absolute Gasteiger partial charge is 0.497 e.